The van der Waals surface area contributed by atoms with Gasteiger partial charge in [0, 0.05) is 57.5 Å². The quantitative estimate of drug-likeness (QED) is 0.187. The molecular formula is C40H24N6O. The number of ether oxygens (including phenoxy) is 1. The van der Waals surface area contributed by atoms with Gasteiger partial charge in [-0.15, -0.1) is 0 Å². The third kappa shape index (κ3) is 3.87. The Morgan fingerprint density at radius 2 is 1.17 bits per heavy atom. The van der Waals surface area contributed by atoms with Gasteiger partial charge in [0.05, 0.1) is 22.4 Å². The highest BCUT2D eigenvalue weighted by Gasteiger charge is 2.21. The third-order valence-electron chi connectivity index (χ3n) is 8.90. The number of hydrogen-bond acceptors (Lipinski definition) is 5. The van der Waals surface area contributed by atoms with Gasteiger partial charge in [0.1, 0.15) is 28.4 Å². The van der Waals surface area contributed by atoms with Crippen LogP contribution in [0.5, 0.6) is 11.5 Å². The van der Waals surface area contributed by atoms with Crippen molar-refractivity contribution in [2.75, 3.05) is 0 Å². The van der Waals surface area contributed by atoms with Crippen LogP contribution >= 0.6 is 0 Å². The zero-order valence-corrected chi connectivity index (χ0v) is 24.9. The Labute approximate surface area is 268 Å². The molecule has 6 heterocycles. The minimum absolute atomic E-state index is 0.714. The average molecular weight is 605 g/mol. The van der Waals surface area contributed by atoms with E-state index >= 15 is 0 Å². The molecule has 0 aliphatic carbocycles. The summed E-state index contributed by atoms with van der Waals surface area (Å²) < 4.78 is 10.9. The highest BCUT2D eigenvalue weighted by molar-refractivity contribution is 6.13. The smallest absolute Gasteiger partial charge is 0.147 e. The Balaban J connectivity index is 1.21. The van der Waals surface area contributed by atoms with Gasteiger partial charge < -0.3 is 4.74 Å². The topological polar surface area (TPSA) is 69.6 Å². The lowest BCUT2D eigenvalue weighted by Gasteiger charge is -2.13. The molecule has 4 aromatic carbocycles. The fourth-order valence-electron chi connectivity index (χ4n) is 6.87. The summed E-state index contributed by atoms with van der Waals surface area (Å²) in [4.78, 5) is 19.6. The fourth-order valence-corrected chi connectivity index (χ4v) is 6.87. The molecule has 0 radical (unpaired) electrons. The summed E-state index contributed by atoms with van der Waals surface area (Å²) in [5.74, 6) is 1.43. The van der Waals surface area contributed by atoms with Gasteiger partial charge in [-0.2, -0.15) is 0 Å². The summed E-state index contributed by atoms with van der Waals surface area (Å²) in [5, 5.41) is 5.10. The first-order valence-electron chi connectivity index (χ1n) is 15.5. The van der Waals surface area contributed by atoms with Crippen molar-refractivity contribution in [3.8, 4) is 34.0 Å². The van der Waals surface area contributed by atoms with Gasteiger partial charge in [-0.05, 0) is 66.0 Å². The Morgan fingerprint density at radius 1 is 0.489 bits per heavy atom. The van der Waals surface area contributed by atoms with E-state index < -0.39 is 0 Å². The molecule has 10 rings (SSSR count). The first-order chi connectivity index (χ1) is 23.3. The minimum Gasteiger partial charge on any atom is -0.457 e. The van der Waals surface area contributed by atoms with Crippen LogP contribution in [0.2, 0.25) is 0 Å². The summed E-state index contributed by atoms with van der Waals surface area (Å²) >= 11 is 0. The van der Waals surface area contributed by atoms with Crippen LogP contribution in [-0.4, -0.2) is 28.7 Å². The molecule has 47 heavy (non-hydrogen) atoms. The fraction of sp³-hybridized carbons (Fsp3) is 0. The van der Waals surface area contributed by atoms with Crippen molar-refractivity contribution in [3.63, 3.8) is 0 Å². The van der Waals surface area contributed by atoms with Crippen molar-refractivity contribution in [1.82, 2.24) is 28.7 Å². The zero-order valence-electron chi connectivity index (χ0n) is 24.9. The van der Waals surface area contributed by atoms with Crippen molar-refractivity contribution in [3.05, 3.63) is 146 Å². The molecule has 0 saturated heterocycles. The maximum atomic E-state index is 6.59. The second-order valence-corrected chi connectivity index (χ2v) is 11.6. The van der Waals surface area contributed by atoms with E-state index in [0.717, 1.165) is 77.4 Å². The monoisotopic (exact) mass is 604 g/mol. The molecule has 220 valence electrons. The summed E-state index contributed by atoms with van der Waals surface area (Å²) in [6, 6.07) is 41.2. The molecule has 0 spiro atoms. The lowest BCUT2D eigenvalue weighted by molar-refractivity contribution is 0.484. The van der Waals surface area contributed by atoms with E-state index in [9.17, 15) is 0 Å². The van der Waals surface area contributed by atoms with Crippen LogP contribution in [0.1, 0.15) is 0 Å². The minimum atomic E-state index is 0.714. The van der Waals surface area contributed by atoms with Gasteiger partial charge in [-0.25, -0.2) is 15.0 Å². The van der Waals surface area contributed by atoms with E-state index in [1.807, 2.05) is 79.4 Å². The molecule has 0 atom stereocenters. The molecule has 0 unspecified atom stereocenters. The average Bonchev–Trinajstić information content (AvgIpc) is 3.80. The number of fused-ring (bicyclic) bond motifs is 12. The zero-order chi connectivity index (χ0) is 30.9. The predicted molar refractivity (Wildman–Crippen MR) is 187 cm³/mol. The second-order valence-electron chi connectivity index (χ2n) is 11.6. The van der Waals surface area contributed by atoms with Gasteiger partial charge >= 0.3 is 0 Å². The molecule has 0 saturated carbocycles. The molecule has 0 aliphatic rings. The lowest BCUT2D eigenvalue weighted by Crippen LogP contribution is -1.97. The molecule has 0 fully saturated rings. The van der Waals surface area contributed by atoms with Crippen LogP contribution in [0.25, 0.3) is 77.4 Å². The van der Waals surface area contributed by atoms with Crippen molar-refractivity contribution in [2.24, 2.45) is 0 Å². The van der Waals surface area contributed by atoms with Gasteiger partial charge in [-0.3, -0.25) is 13.8 Å². The van der Waals surface area contributed by atoms with E-state index in [4.69, 9.17) is 14.7 Å². The first-order valence-corrected chi connectivity index (χ1v) is 15.5. The van der Waals surface area contributed by atoms with Gasteiger partial charge in [-0.1, -0.05) is 60.7 Å². The van der Waals surface area contributed by atoms with Crippen LogP contribution in [-0.2, 0) is 0 Å². The number of nitrogens with zero attached hydrogens (tertiary/aromatic N) is 6. The van der Waals surface area contributed by atoms with Gasteiger partial charge in [0.25, 0.3) is 0 Å². The number of aromatic nitrogens is 6. The SMILES string of the molecule is c1ccc(-c2nc3c4cc(Oc5ccc6c(c5)c5nccn5c5cccnc65)ccc4c4cccnc4n3c2-c2ccccc2)cc1. The Bertz CT molecular complexity index is 2820. The lowest BCUT2D eigenvalue weighted by atomic mass is 10.0. The number of benzene rings is 4. The highest BCUT2D eigenvalue weighted by Crippen LogP contribution is 2.40. The van der Waals surface area contributed by atoms with Crippen LogP contribution < -0.4 is 4.74 Å². The molecule has 10 aromatic rings. The first kappa shape index (κ1) is 25.7. The third-order valence-corrected chi connectivity index (χ3v) is 8.90. The molecule has 0 aliphatic heterocycles. The van der Waals surface area contributed by atoms with Crippen molar-refractivity contribution in [2.45, 2.75) is 0 Å². The number of imidazole rings is 2. The highest BCUT2D eigenvalue weighted by atomic mass is 16.5. The summed E-state index contributed by atoms with van der Waals surface area (Å²) in [5.41, 5.74) is 8.51. The van der Waals surface area contributed by atoms with E-state index in [0.29, 0.717) is 11.5 Å². The number of hydrogen-bond donors (Lipinski definition) is 0. The molecule has 0 amide bonds. The van der Waals surface area contributed by atoms with Gasteiger partial charge in [0.15, 0.2) is 0 Å². The normalized spacial score (nSPS) is 11.8. The molecule has 7 heteroatoms. The largest absolute Gasteiger partial charge is 0.457 e. The van der Waals surface area contributed by atoms with E-state index in [1.165, 1.54) is 0 Å². The Kier molecular flexibility index (Phi) is 5.44. The Hall–Kier alpha value is -6.60. The van der Waals surface area contributed by atoms with Crippen molar-refractivity contribution < 1.29 is 4.74 Å². The van der Waals surface area contributed by atoms with Crippen LogP contribution in [0.15, 0.2) is 146 Å². The second kappa shape index (κ2) is 9.95. The van der Waals surface area contributed by atoms with E-state index in [1.54, 1.807) is 0 Å². The summed E-state index contributed by atoms with van der Waals surface area (Å²) in [6.45, 7) is 0. The van der Waals surface area contributed by atoms with Crippen molar-refractivity contribution in [1.29, 1.82) is 0 Å². The maximum Gasteiger partial charge on any atom is 0.147 e. The van der Waals surface area contributed by atoms with Crippen LogP contribution in [0, 0.1) is 0 Å². The van der Waals surface area contributed by atoms with E-state index in [2.05, 4.69) is 85.5 Å². The molecule has 6 aromatic heterocycles. The molecular weight excluding hydrogens is 580 g/mol. The van der Waals surface area contributed by atoms with Crippen LogP contribution in [0.3, 0.4) is 0 Å². The maximum absolute atomic E-state index is 6.59. The molecule has 7 nitrogen and oxygen atoms in total. The number of rotatable bonds is 4. The standard InChI is InChI=1S/C40H24N6O/c1-3-9-25(10-4-1)35-37(26-11-5-2-6-12-26)46-39-31(13-7-20-42-39)29-17-15-27(23-32(29)40(46)44-35)47-28-16-18-30-33(24-28)38-43-21-22-45(38)34-14-8-19-41-36(30)34/h1-24H. The van der Waals surface area contributed by atoms with E-state index in [-0.39, 0.29) is 0 Å². The predicted octanol–water partition coefficient (Wildman–Crippen LogP) is 9.51. The van der Waals surface area contributed by atoms with Gasteiger partial charge in [0.2, 0.25) is 0 Å². The summed E-state index contributed by atoms with van der Waals surface area (Å²) in [6.07, 6.45) is 7.46. The Morgan fingerprint density at radius 3 is 1.98 bits per heavy atom. The molecule has 0 N–H and O–H groups in total. The number of pyridine rings is 4. The van der Waals surface area contributed by atoms with Crippen molar-refractivity contribution >= 4 is 54.9 Å². The van der Waals surface area contributed by atoms with Crippen LogP contribution in [0.4, 0.5) is 0 Å². The molecule has 0 bridgehead atoms. The summed E-state index contributed by atoms with van der Waals surface area (Å²) in [7, 11) is 0.